The zero-order chi connectivity index (χ0) is 21.5. The molecule has 31 heavy (non-hydrogen) atoms. The second-order valence-corrected chi connectivity index (χ2v) is 7.54. The maximum absolute atomic E-state index is 14.5. The topological polar surface area (TPSA) is 116 Å². The molecule has 1 fully saturated rings. The molecule has 1 unspecified atom stereocenters. The first-order valence-corrected chi connectivity index (χ1v) is 9.91. The largest absolute Gasteiger partial charge is 0.494 e. The maximum Gasteiger partial charge on any atom is 0.229 e. The van der Waals surface area contributed by atoms with Gasteiger partial charge in [-0.3, -0.25) is 9.78 Å². The lowest BCUT2D eigenvalue weighted by Gasteiger charge is -2.12. The van der Waals surface area contributed by atoms with Crippen LogP contribution in [0.5, 0.6) is 5.88 Å². The Hall–Kier alpha value is -3.72. The number of H-pyrrole nitrogens is 1. The molecule has 10 heteroatoms. The third-order valence-corrected chi connectivity index (χ3v) is 5.50. The molecule has 1 saturated heterocycles. The highest BCUT2D eigenvalue weighted by atomic mass is 35.5. The lowest BCUT2D eigenvalue weighted by atomic mass is 10.1. The van der Waals surface area contributed by atoms with E-state index in [4.69, 9.17) is 11.6 Å². The van der Waals surface area contributed by atoms with Gasteiger partial charge in [-0.15, -0.1) is 0 Å². The molecule has 1 atom stereocenters. The zero-order valence-corrected chi connectivity index (χ0v) is 16.7. The van der Waals surface area contributed by atoms with Crippen LogP contribution in [0.1, 0.15) is 18.0 Å². The monoisotopic (exact) mass is 438 g/mol. The number of amides is 1. The second-order valence-electron chi connectivity index (χ2n) is 7.13. The minimum atomic E-state index is -0.510. The summed E-state index contributed by atoms with van der Waals surface area (Å²) < 4.78 is 14.5. The first kappa shape index (κ1) is 19.3. The summed E-state index contributed by atoms with van der Waals surface area (Å²) >= 11 is 6.21. The van der Waals surface area contributed by atoms with E-state index >= 15 is 0 Å². The number of carbonyl (C=O) groups excluding carboxylic acids is 1. The van der Waals surface area contributed by atoms with Crippen LogP contribution in [-0.4, -0.2) is 37.5 Å². The van der Waals surface area contributed by atoms with E-state index < -0.39 is 5.82 Å². The van der Waals surface area contributed by atoms with E-state index in [0.717, 1.165) is 0 Å². The quantitative estimate of drug-likeness (QED) is 0.384. The number of nitrogens with zero attached hydrogens (tertiary/aromatic N) is 3. The van der Waals surface area contributed by atoms with Crippen molar-refractivity contribution >= 4 is 39.9 Å². The molecule has 1 aromatic carbocycles. The zero-order valence-electron chi connectivity index (χ0n) is 16.0. The van der Waals surface area contributed by atoms with E-state index in [1.54, 1.807) is 18.3 Å². The van der Waals surface area contributed by atoms with Crippen molar-refractivity contribution in [3.8, 4) is 17.1 Å². The van der Waals surface area contributed by atoms with Crippen LogP contribution in [0.25, 0.3) is 22.2 Å². The highest BCUT2D eigenvalue weighted by molar-refractivity contribution is 6.33. The summed E-state index contributed by atoms with van der Waals surface area (Å²) in [7, 11) is 0. The molecule has 4 aromatic rings. The van der Waals surface area contributed by atoms with Gasteiger partial charge in [0.15, 0.2) is 5.88 Å². The van der Waals surface area contributed by atoms with Gasteiger partial charge in [0.25, 0.3) is 0 Å². The first-order valence-electron chi connectivity index (χ1n) is 9.53. The van der Waals surface area contributed by atoms with E-state index in [9.17, 15) is 14.3 Å². The normalized spacial score (nSPS) is 15.9. The Morgan fingerprint density at radius 2 is 2.13 bits per heavy atom. The summed E-state index contributed by atoms with van der Waals surface area (Å²) in [6.45, 7) is 0.619. The Kier molecular flexibility index (Phi) is 4.67. The number of rotatable bonds is 4. The molecule has 0 aliphatic carbocycles. The van der Waals surface area contributed by atoms with E-state index in [1.807, 2.05) is 0 Å². The molecular weight excluding hydrogens is 423 g/mol. The van der Waals surface area contributed by atoms with E-state index in [0.29, 0.717) is 46.8 Å². The van der Waals surface area contributed by atoms with Crippen LogP contribution in [0.4, 0.5) is 15.9 Å². The molecule has 1 aliphatic rings. The molecule has 0 bridgehead atoms. The van der Waals surface area contributed by atoms with E-state index in [2.05, 4.69) is 30.6 Å². The molecule has 0 spiro atoms. The van der Waals surface area contributed by atoms with Gasteiger partial charge in [0, 0.05) is 12.7 Å². The number of aromatic hydroxyl groups is 1. The summed E-state index contributed by atoms with van der Waals surface area (Å²) in [5, 5.41) is 16.7. The van der Waals surface area contributed by atoms with Gasteiger partial charge in [0.2, 0.25) is 5.91 Å². The van der Waals surface area contributed by atoms with Crippen LogP contribution in [-0.2, 0) is 4.79 Å². The molecule has 8 nitrogen and oxygen atoms in total. The highest BCUT2D eigenvalue weighted by Gasteiger charge is 2.27. The van der Waals surface area contributed by atoms with Crippen LogP contribution in [0.2, 0.25) is 5.02 Å². The molecule has 156 valence electrons. The number of fused-ring (bicyclic) bond motifs is 1. The maximum atomic E-state index is 14.5. The molecule has 4 heterocycles. The van der Waals surface area contributed by atoms with Crippen LogP contribution in [0.3, 0.4) is 0 Å². The molecule has 0 saturated carbocycles. The van der Waals surface area contributed by atoms with Gasteiger partial charge >= 0.3 is 0 Å². The number of benzene rings is 1. The Balaban J connectivity index is 1.55. The lowest BCUT2D eigenvalue weighted by molar-refractivity contribution is -0.120. The van der Waals surface area contributed by atoms with Crippen molar-refractivity contribution in [3.05, 3.63) is 59.4 Å². The van der Waals surface area contributed by atoms with Gasteiger partial charge in [-0.05, 0) is 24.6 Å². The average Bonchev–Trinajstić information content (AvgIpc) is 3.34. The predicted molar refractivity (Wildman–Crippen MR) is 114 cm³/mol. The average molecular weight is 439 g/mol. The Bertz CT molecular complexity index is 1290. The number of halogens is 2. The third kappa shape index (κ3) is 3.42. The Morgan fingerprint density at radius 3 is 2.84 bits per heavy atom. The number of anilines is 2. The summed E-state index contributed by atoms with van der Waals surface area (Å²) in [6, 6.07) is 5.98. The fourth-order valence-electron chi connectivity index (χ4n) is 3.69. The Labute approximate surface area is 180 Å². The van der Waals surface area contributed by atoms with Crippen LogP contribution in [0, 0.1) is 5.82 Å². The van der Waals surface area contributed by atoms with Crippen LogP contribution < -0.4 is 10.6 Å². The second kappa shape index (κ2) is 7.51. The summed E-state index contributed by atoms with van der Waals surface area (Å²) in [5.74, 6) is -0.583. The SMILES string of the molecule is O=C1NCCC1c1cnc(Nc2cc(-c3c(F)cccc3Cl)nc3c[nH]c(O)c23)cn1. The van der Waals surface area contributed by atoms with Gasteiger partial charge in [-0.1, -0.05) is 17.7 Å². The van der Waals surface area contributed by atoms with Crippen molar-refractivity contribution < 1.29 is 14.3 Å². The Morgan fingerprint density at radius 1 is 1.26 bits per heavy atom. The number of hydrogen-bond donors (Lipinski definition) is 4. The van der Waals surface area contributed by atoms with Crippen LogP contribution in [0.15, 0.2) is 42.9 Å². The van der Waals surface area contributed by atoms with Crippen molar-refractivity contribution in [3.63, 3.8) is 0 Å². The van der Waals surface area contributed by atoms with Crippen molar-refractivity contribution in [2.45, 2.75) is 12.3 Å². The minimum absolute atomic E-state index is 0.0606. The van der Waals surface area contributed by atoms with Gasteiger partial charge in [-0.2, -0.15) is 0 Å². The summed E-state index contributed by atoms with van der Waals surface area (Å²) in [5.41, 5.74) is 1.90. The van der Waals surface area contributed by atoms with Gasteiger partial charge < -0.3 is 20.7 Å². The predicted octanol–water partition coefficient (Wildman–Crippen LogP) is 3.87. The van der Waals surface area contributed by atoms with Gasteiger partial charge in [0.05, 0.1) is 56.9 Å². The number of nitrogens with one attached hydrogen (secondary N) is 3. The summed E-state index contributed by atoms with van der Waals surface area (Å²) in [4.78, 5) is 27.7. The molecule has 0 radical (unpaired) electrons. The van der Waals surface area contributed by atoms with Crippen molar-refractivity contribution in [2.24, 2.45) is 0 Å². The molecule has 3 aromatic heterocycles. The first-order chi connectivity index (χ1) is 15.0. The lowest BCUT2D eigenvalue weighted by Crippen LogP contribution is -2.18. The van der Waals surface area contributed by atoms with E-state index in [1.165, 1.54) is 24.5 Å². The third-order valence-electron chi connectivity index (χ3n) is 5.19. The highest BCUT2D eigenvalue weighted by Crippen LogP contribution is 2.37. The number of hydrogen-bond acceptors (Lipinski definition) is 6. The van der Waals surface area contributed by atoms with Crippen molar-refractivity contribution in [1.29, 1.82) is 0 Å². The van der Waals surface area contributed by atoms with Gasteiger partial charge in [-0.25, -0.2) is 14.4 Å². The van der Waals surface area contributed by atoms with Crippen LogP contribution >= 0.6 is 11.6 Å². The van der Waals surface area contributed by atoms with Crippen molar-refractivity contribution in [1.82, 2.24) is 25.3 Å². The molecule has 5 rings (SSSR count). The molecule has 1 amide bonds. The number of aromatic nitrogens is 4. The fraction of sp³-hybridized carbons (Fsp3) is 0.143. The number of pyridine rings is 1. The minimum Gasteiger partial charge on any atom is -0.494 e. The molecular formula is C21H16ClFN6O2. The summed E-state index contributed by atoms with van der Waals surface area (Å²) in [6.07, 6.45) is 5.24. The number of carbonyl (C=O) groups is 1. The van der Waals surface area contributed by atoms with Gasteiger partial charge in [0.1, 0.15) is 11.6 Å². The van der Waals surface area contributed by atoms with Crippen molar-refractivity contribution in [2.75, 3.05) is 11.9 Å². The van der Waals surface area contributed by atoms with E-state index in [-0.39, 0.29) is 28.3 Å². The fourth-order valence-corrected chi connectivity index (χ4v) is 3.95. The molecule has 4 N–H and O–H groups in total. The standard InChI is InChI=1S/C21H16ClFN6O2/c22-11-2-1-3-12(23)18(11)13-6-14(19-16(28-13)8-27-21(19)31)29-17-9-25-15(7-26-17)10-4-5-24-20(10)30/h1-3,6-10,27,31H,4-5H2,(H,24,30)(H,26,29). The molecule has 1 aliphatic heterocycles. The smallest absolute Gasteiger partial charge is 0.229 e. The number of aromatic amines is 1.